The Balaban J connectivity index is 1.33. The molecular weight excluding hydrogens is 372 g/mol. The van der Waals surface area contributed by atoms with Gasteiger partial charge >= 0.3 is 0 Å². The number of nitrogens with zero attached hydrogens (tertiary/aromatic N) is 8. The van der Waals surface area contributed by atoms with Crippen molar-refractivity contribution < 1.29 is 4.74 Å². The Kier molecular flexibility index (Phi) is 4.62. The first kappa shape index (κ1) is 18.0. The van der Waals surface area contributed by atoms with Crippen LogP contribution in [0.4, 0.5) is 11.5 Å². The maximum atomic E-state index is 11.9. The Morgan fingerprint density at radius 3 is 2.72 bits per heavy atom. The van der Waals surface area contributed by atoms with Crippen molar-refractivity contribution in [1.29, 1.82) is 0 Å². The number of aromatic nitrogens is 6. The standard InChI is InChI=1S/C19H24N8O2/c1-24-16(28)9-14(10-23-24)25-4-6-26(7-5-25)18-17-19(21-12-20-18)27(13-22-17)11-15-3-2-8-29-15/h9-10,12-13,15H,2-8,11H2,1H3. The van der Waals surface area contributed by atoms with Crippen molar-refractivity contribution in [2.24, 2.45) is 7.05 Å². The van der Waals surface area contributed by atoms with Gasteiger partial charge < -0.3 is 19.1 Å². The van der Waals surface area contributed by atoms with Crippen LogP contribution in [0.1, 0.15) is 12.8 Å². The van der Waals surface area contributed by atoms with E-state index in [2.05, 4.69) is 34.4 Å². The fraction of sp³-hybridized carbons (Fsp3) is 0.526. The zero-order chi connectivity index (χ0) is 19.8. The molecule has 0 aromatic carbocycles. The van der Waals surface area contributed by atoms with Crippen LogP contribution in [0.5, 0.6) is 0 Å². The highest BCUT2D eigenvalue weighted by Gasteiger charge is 2.23. The van der Waals surface area contributed by atoms with Gasteiger partial charge in [0.25, 0.3) is 5.56 Å². The molecule has 2 aliphatic rings. The van der Waals surface area contributed by atoms with Gasteiger partial charge in [0.15, 0.2) is 17.0 Å². The summed E-state index contributed by atoms with van der Waals surface area (Å²) < 4.78 is 9.16. The molecule has 5 heterocycles. The zero-order valence-corrected chi connectivity index (χ0v) is 16.4. The molecule has 29 heavy (non-hydrogen) atoms. The Hall–Kier alpha value is -3.01. The molecule has 0 bridgehead atoms. The molecule has 0 amide bonds. The predicted molar refractivity (Wildman–Crippen MR) is 108 cm³/mol. The molecule has 0 saturated carbocycles. The summed E-state index contributed by atoms with van der Waals surface area (Å²) in [7, 11) is 1.66. The molecule has 2 saturated heterocycles. The van der Waals surface area contributed by atoms with Gasteiger partial charge in [-0.25, -0.2) is 19.6 Å². The van der Waals surface area contributed by atoms with Gasteiger partial charge in [-0.3, -0.25) is 4.79 Å². The van der Waals surface area contributed by atoms with Crippen LogP contribution in [-0.2, 0) is 18.3 Å². The molecule has 1 unspecified atom stereocenters. The lowest BCUT2D eigenvalue weighted by Gasteiger charge is -2.36. The van der Waals surface area contributed by atoms with Crippen LogP contribution in [0, 0.1) is 0 Å². The van der Waals surface area contributed by atoms with Gasteiger partial charge in [-0.1, -0.05) is 0 Å². The number of aryl methyl sites for hydroxylation is 1. The average Bonchev–Trinajstić information content (AvgIpc) is 3.41. The van der Waals surface area contributed by atoms with Crippen LogP contribution in [0.15, 0.2) is 29.7 Å². The van der Waals surface area contributed by atoms with Crippen molar-refractivity contribution >= 4 is 22.7 Å². The molecule has 0 radical (unpaired) electrons. The average molecular weight is 396 g/mol. The number of anilines is 2. The lowest BCUT2D eigenvalue weighted by Crippen LogP contribution is -2.47. The highest BCUT2D eigenvalue weighted by molar-refractivity contribution is 5.83. The first-order chi connectivity index (χ1) is 14.2. The summed E-state index contributed by atoms with van der Waals surface area (Å²) in [6, 6.07) is 1.64. The molecule has 10 nitrogen and oxygen atoms in total. The number of hydrogen-bond acceptors (Lipinski definition) is 8. The van der Waals surface area contributed by atoms with Crippen LogP contribution in [0.25, 0.3) is 11.2 Å². The van der Waals surface area contributed by atoms with Crippen LogP contribution in [-0.4, -0.2) is 68.2 Å². The minimum atomic E-state index is -0.0979. The second-order valence-electron chi connectivity index (χ2n) is 7.55. The molecule has 2 fully saturated rings. The number of hydrogen-bond donors (Lipinski definition) is 0. The minimum Gasteiger partial charge on any atom is -0.376 e. The topological polar surface area (TPSA) is 94.2 Å². The Morgan fingerprint density at radius 1 is 1.14 bits per heavy atom. The summed E-state index contributed by atoms with van der Waals surface area (Å²) in [6.45, 7) is 4.77. The fourth-order valence-corrected chi connectivity index (χ4v) is 4.05. The predicted octanol–water partition coefficient (Wildman–Crippen LogP) is 0.426. The summed E-state index contributed by atoms with van der Waals surface area (Å²) in [5.74, 6) is 0.864. The lowest BCUT2D eigenvalue weighted by molar-refractivity contribution is 0.0978. The quantitative estimate of drug-likeness (QED) is 0.627. The maximum absolute atomic E-state index is 11.9. The molecule has 0 spiro atoms. The van der Waals surface area contributed by atoms with E-state index in [4.69, 9.17) is 4.74 Å². The van der Waals surface area contributed by atoms with E-state index >= 15 is 0 Å². The zero-order valence-electron chi connectivity index (χ0n) is 16.4. The summed E-state index contributed by atoms with van der Waals surface area (Å²) in [5, 5.41) is 4.12. The highest BCUT2D eigenvalue weighted by Crippen LogP contribution is 2.25. The highest BCUT2D eigenvalue weighted by atomic mass is 16.5. The van der Waals surface area contributed by atoms with E-state index in [1.807, 2.05) is 6.33 Å². The number of fused-ring (bicyclic) bond motifs is 1. The van der Waals surface area contributed by atoms with Gasteiger partial charge in [0.2, 0.25) is 0 Å². The van der Waals surface area contributed by atoms with E-state index in [1.165, 1.54) is 4.68 Å². The van der Waals surface area contributed by atoms with Crippen LogP contribution in [0.2, 0.25) is 0 Å². The second kappa shape index (κ2) is 7.43. The van der Waals surface area contributed by atoms with E-state index in [0.29, 0.717) is 0 Å². The van der Waals surface area contributed by atoms with Gasteiger partial charge in [0.1, 0.15) is 6.33 Å². The smallest absolute Gasteiger partial charge is 0.268 e. The molecule has 5 rings (SSSR count). The fourth-order valence-electron chi connectivity index (χ4n) is 4.05. The molecule has 152 valence electrons. The van der Waals surface area contributed by atoms with Gasteiger partial charge in [0.05, 0.1) is 30.9 Å². The summed E-state index contributed by atoms with van der Waals surface area (Å²) in [6.07, 6.45) is 7.63. The summed E-state index contributed by atoms with van der Waals surface area (Å²) >= 11 is 0. The number of piperazine rings is 1. The molecule has 3 aromatic heterocycles. The Morgan fingerprint density at radius 2 is 1.97 bits per heavy atom. The first-order valence-corrected chi connectivity index (χ1v) is 10.00. The Labute approximate surface area is 167 Å². The molecule has 1 atom stereocenters. The van der Waals surface area contributed by atoms with Crippen molar-refractivity contribution in [3.05, 3.63) is 35.3 Å². The third kappa shape index (κ3) is 3.44. The van der Waals surface area contributed by atoms with Gasteiger partial charge in [0, 0.05) is 45.9 Å². The monoisotopic (exact) mass is 396 g/mol. The number of rotatable bonds is 4. The molecule has 0 N–H and O–H groups in total. The van der Waals surface area contributed by atoms with Crippen LogP contribution < -0.4 is 15.4 Å². The normalized spacial score (nSPS) is 20.0. The first-order valence-electron chi connectivity index (χ1n) is 10.00. The summed E-state index contributed by atoms with van der Waals surface area (Å²) in [4.78, 5) is 29.9. The molecule has 10 heteroatoms. The Bertz CT molecular complexity index is 1060. The number of ether oxygens (including phenoxy) is 1. The third-order valence-electron chi connectivity index (χ3n) is 5.70. The third-order valence-corrected chi connectivity index (χ3v) is 5.70. The van der Waals surface area contributed by atoms with Crippen molar-refractivity contribution in [2.45, 2.75) is 25.5 Å². The second-order valence-corrected chi connectivity index (χ2v) is 7.55. The maximum Gasteiger partial charge on any atom is 0.268 e. The molecular formula is C19H24N8O2. The van der Waals surface area contributed by atoms with Gasteiger partial charge in [-0.15, -0.1) is 0 Å². The molecule has 0 aliphatic carbocycles. The SMILES string of the molecule is Cn1ncc(N2CCN(c3ncnc4c3ncn4CC3CCCO3)CC2)cc1=O. The van der Waals surface area contributed by atoms with Gasteiger partial charge in [-0.05, 0) is 12.8 Å². The van der Waals surface area contributed by atoms with Gasteiger partial charge in [-0.2, -0.15) is 5.10 Å². The van der Waals surface area contributed by atoms with E-state index < -0.39 is 0 Å². The molecule has 2 aliphatic heterocycles. The number of imidazole rings is 1. The van der Waals surface area contributed by atoms with Crippen molar-refractivity contribution in [2.75, 3.05) is 42.6 Å². The van der Waals surface area contributed by atoms with Crippen molar-refractivity contribution in [3.8, 4) is 0 Å². The van der Waals surface area contributed by atoms with Crippen molar-refractivity contribution in [1.82, 2.24) is 29.3 Å². The summed E-state index contributed by atoms with van der Waals surface area (Å²) in [5.41, 5.74) is 2.44. The van der Waals surface area contributed by atoms with E-state index in [0.717, 1.165) is 74.8 Å². The minimum absolute atomic E-state index is 0.0979. The molecule has 3 aromatic rings. The van der Waals surface area contributed by atoms with Crippen LogP contribution in [0.3, 0.4) is 0 Å². The lowest BCUT2D eigenvalue weighted by atomic mass is 10.2. The van der Waals surface area contributed by atoms with Crippen molar-refractivity contribution in [3.63, 3.8) is 0 Å². The van der Waals surface area contributed by atoms with E-state index in [9.17, 15) is 4.79 Å². The van der Waals surface area contributed by atoms with E-state index in [1.54, 1.807) is 25.6 Å². The largest absolute Gasteiger partial charge is 0.376 e. The van der Waals surface area contributed by atoms with Crippen LogP contribution >= 0.6 is 0 Å². The van der Waals surface area contributed by atoms with E-state index in [-0.39, 0.29) is 11.7 Å².